The number of anilines is 3. The molecule has 0 saturated heterocycles. The van der Waals surface area contributed by atoms with Gasteiger partial charge < -0.3 is 14.7 Å². The van der Waals surface area contributed by atoms with E-state index in [2.05, 4.69) is 134 Å². The quantitative estimate of drug-likeness (QED) is 0.139. The minimum Gasteiger partial charge on any atom is -0.303 e. The topological polar surface area (TPSA) is 124 Å². The van der Waals surface area contributed by atoms with Gasteiger partial charge in [-0.05, 0) is 119 Å². The molecular weight excluding hydrogens is 853 g/mol. The van der Waals surface area contributed by atoms with Gasteiger partial charge in [0.25, 0.3) is 0 Å². The van der Waals surface area contributed by atoms with Crippen LogP contribution in [-0.2, 0) is 0 Å². The van der Waals surface area contributed by atoms with E-state index in [0.717, 1.165) is 68.3 Å². The van der Waals surface area contributed by atoms with Gasteiger partial charge in [0, 0.05) is 52.0 Å². The van der Waals surface area contributed by atoms with E-state index in [0.29, 0.717) is 17.5 Å². The number of hydrogen-bond donors (Lipinski definition) is 0. The summed E-state index contributed by atoms with van der Waals surface area (Å²) in [6.45, 7) is 26.3. The van der Waals surface area contributed by atoms with E-state index in [1.54, 1.807) is 0 Å². The Kier molecular flexibility index (Phi) is 10.6. The summed E-state index contributed by atoms with van der Waals surface area (Å²) in [7, 11) is 0. The van der Waals surface area contributed by atoms with Crippen LogP contribution in [0.15, 0.2) is 161 Å². The first-order valence-corrected chi connectivity index (χ1v) is 23.7. The highest BCUT2D eigenvalue weighted by Crippen LogP contribution is 2.45. The maximum Gasteiger partial charge on any atom is 0.165 e. The molecular formula is C57H60N12. The number of benzene rings is 3. The summed E-state index contributed by atoms with van der Waals surface area (Å²) in [5.74, 6) is 6.42. The van der Waals surface area contributed by atoms with Crippen molar-refractivity contribution >= 4 is 35.0 Å². The number of nitrogens with zero attached hydrogens (tertiary/aromatic N) is 12. The van der Waals surface area contributed by atoms with Gasteiger partial charge in [0.2, 0.25) is 0 Å². The van der Waals surface area contributed by atoms with Gasteiger partial charge in [0.1, 0.15) is 35.0 Å². The first-order valence-electron chi connectivity index (χ1n) is 23.7. The fraction of sp³-hybridized carbons (Fsp3) is 0.316. The summed E-state index contributed by atoms with van der Waals surface area (Å²) >= 11 is 0. The standard InChI is InChI=1S/C57H60N12/c1-52(2)55(7,8)67(49(64-52)37-22-16-13-17-23-37)43-31-28-40(34-58-43)46-61-47(41-29-32-44(59-35-41)68-50(38-24-18-14-19-25-38)65-53(3,4)56(68,9)10)63-48(62-46)42-30-33-45(60-36-42)69-51(39-26-20-15-21-27-39)66-54(5,6)57(69,11)12/h13-36H,1-12H3. The molecule has 10 rings (SSSR count). The normalized spacial score (nSPS) is 19.3. The Hall–Kier alpha value is -7.47. The van der Waals surface area contributed by atoms with E-state index in [1.165, 1.54) is 0 Å². The zero-order valence-electron chi connectivity index (χ0n) is 41.7. The minimum atomic E-state index is -0.378. The first kappa shape index (κ1) is 45.3. The largest absolute Gasteiger partial charge is 0.303 e. The molecule has 0 atom stereocenters. The number of rotatable bonds is 9. The fourth-order valence-corrected chi connectivity index (χ4v) is 9.21. The number of aromatic nitrogens is 6. The van der Waals surface area contributed by atoms with E-state index in [4.69, 9.17) is 44.9 Å². The van der Waals surface area contributed by atoms with Crippen LogP contribution in [0.4, 0.5) is 17.5 Å². The number of amidine groups is 3. The monoisotopic (exact) mass is 913 g/mol. The number of pyridine rings is 3. The predicted molar refractivity (Wildman–Crippen MR) is 280 cm³/mol. The van der Waals surface area contributed by atoms with Gasteiger partial charge in [0.15, 0.2) is 17.5 Å². The van der Waals surface area contributed by atoms with Crippen LogP contribution in [0, 0.1) is 0 Å². The zero-order valence-corrected chi connectivity index (χ0v) is 41.7. The van der Waals surface area contributed by atoms with Crippen LogP contribution in [0.1, 0.15) is 99.8 Å². The van der Waals surface area contributed by atoms with Crippen LogP contribution >= 0.6 is 0 Å². The third kappa shape index (κ3) is 7.48. The van der Waals surface area contributed by atoms with Crippen LogP contribution in [0.25, 0.3) is 34.2 Å². The van der Waals surface area contributed by atoms with Crippen LogP contribution in [-0.4, -0.2) is 80.6 Å². The summed E-state index contributed by atoms with van der Waals surface area (Å²) in [5.41, 5.74) is 3.06. The lowest BCUT2D eigenvalue weighted by atomic mass is 9.83. The molecule has 0 aliphatic carbocycles. The van der Waals surface area contributed by atoms with Crippen molar-refractivity contribution in [2.75, 3.05) is 14.7 Å². The third-order valence-electron chi connectivity index (χ3n) is 15.4. The molecule has 7 heterocycles. The number of hydrogen-bond acceptors (Lipinski definition) is 12. The second-order valence-corrected chi connectivity index (χ2v) is 21.3. The molecule has 12 heteroatoms. The second-order valence-electron chi connectivity index (χ2n) is 21.3. The highest BCUT2D eigenvalue weighted by Gasteiger charge is 2.52. The van der Waals surface area contributed by atoms with Crippen LogP contribution in [0.2, 0.25) is 0 Å². The van der Waals surface area contributed by atoms with Gasteiger partial charge in [-0.3, -0.25) is 15.0 Å². The molecule has 4 aromatic heterocycles. The molecule has 0 radical (unpaired) electrons. The van der Waals surface area contributed by atoms with Gasteiger partial charge in [0.05, 0.1) is 33.2 Å². The Morgan fingerprint density at radius 3 is 0.754 bits per heavy atom. The molecule has 7 aromatic rings. The minimum absolute atomic E-state index is 0.375. The Labute approximate surface area is 406 Å². The van der Waals surface area contributed by atoms with Gasteiger partial charge in [-0.2, -0.15) is 0 Å². The van der Waals surface area contributed by atoms with Crippen LogP contribution < -0.4 is 14.7 Å². The van der Waals surface area contributed by atoms with Gasteiger partial charge in [-0.25, -0.2) is 29.9 Å². The molecule has 3 aliphatic heterocycles. The predicted octanol–water partition coefficient (Wildman–Crippen LogP) is 11.5. The molecule has 0 bridgehead atoms. The molecule has 3 aromatic carbocycles. The average Bonchev–Trinajstić information content (AvgIpc) is 3.76. The van der Waals surface area contributed by atoms with Crippen molar-refractivity contribution in [1.29, 1.82) is 0 Å². The maximum absolute atomic E-state index is 5.24. The van der Waals surface area contributed by atoms with Crippen molar-refractivity contribution in [3.63, 3.8) is 0 Å². The molecule has 0 amide bonds. The van der Waals surface area contributed by atoms with E-state index >= 15 is 0 Å². The Morgan fingerprint density at radius 2 is 0.536 bits per heavy atom. The zero-order chi connectivity index (χ0) is 48.7. The molecule has 0 fully saturated rings. The fourth-order valence-electron chi connectivity index (χ4n) is 9.21. The summed E-state index contributed by atoms with van der Waals surface area (Å²) < 4.78 is 0. The SMILES string of the molecule is CC1(C)N=C(c2ccccc2)N(c2ccc(-c3nc(-c4ccc(N5C(c6ccccc6)=NC(C)(C)C5(C)C)nc4)nc(-c4ccc(N5C(c6ccccc6)=NC(C)(C)C5(C)C)nc4)n3)cn2)C1(C)C. The molecule has 0 spiro atoms. The second kappa shape index (κ2) is 16.1. The van der Waals surface area contributed by atoms with Crippen molar-refractivity contribution in [3.8, 4) is 34.2 Å². The summed E-state index contributed by atoms with van der Waals surface area (Å²) in [6.07, 6.45) is 5.52. The van der Waals surface area contributed by atoms with E-state index < -0.39 is 0 Å². The Morgan fingerprint density at radius 1 is 0.290 bits per heavy atom. The molecule has 0 unspecified atom stereocenters. The van der Waals surface area contributed by atoms with Gasteiger partial charge in [-0.15, -0.1) is 0 Å². The summed E-state index contributed by atoms with van der Waals surface area (Å²) in [4.78, 5) is 53.1. The smallest absolute Gasteiger partial charge is 0.165 e. The lowest BCUT2D eigenvalue weighted by molar-refractivity contribution is 0.337. The highest BCUT2D eigenvalue weighted by atomic mass is 15.4. The molecule has 348 valence electrons. The highest BCUT2D eigenvalue weighted by molar-refractivity contribution is 6.14. The molecule has 0 N–H and O–H groups in total. The average molecular weight is 913 g/mol. The van der Waals surface area contributed by atoms with Crippen LogP contribution in [0.5, 0.6) is 0 Å². The first-order chi connectivity index (χ1) is 32.7. The third-order valence-corrected chi connectivity index (χ3v) is 15.4. The Balaban J connectivity index is 1.05. The Bertz CT molecular complexity index is 2780. The van der Waals surface area contributed by atoms with Gasteiger partial charge in [-0.1, -0.05) is 91.0 Å². The van der Waals surface area contributed by atoms with Crippen LogP contribution in [0.3, 0.4) is 0 Å². The van der Waals surface area contributed by atoms with Gasteiger partial charge >= 0.3 is 0 Å². The molecule has 3 aliphatic rings. The van der Waals surface area contributed by atoms with Crippen molar-refractivity contribution < 1.29 is 0 Å². The van der Waals surface area contributed by atoms with Crippen molar-refractivity contribution in [2.45, 2.75) is 116 Å². The van der Waals surface area contributed by atoms with E-state index in [1.807, 2.05) is 110 Å². The summed E-state index contributed by atoms with van der Waals surface area (Å²) in [5, 5.41) is 0. The maximum atomic E-state index is 5.24. The lowest BCUT2D eigenvalue weighted by Crippen LogP contribution is -2.53. The van der Waals surface area contributed by atoms with Crippen molar-refractivity contribution in [2.24, 2.45) is 15.0 Å². The summed E-state index contributed by atoms with van der Waals surface area (Å²) in [6, 6.07) is 43.1. The van der Waals surface area contributed by atoms with E-state index in [-0.39, 0.29) is 33.2 Å². The molecule has 0 saturated carbocycles. The van der Waals surface area contributed by atoms with E-state index in [9.17, 15) is 0 Å². The molecule has 69 heavy (non-hydrogen) atoms. The lowest BCUT2D eigenvalue weighted by Gasteiger charge is -2.40. The number of aliphatic imine (C=N–C) groups is 3. The van der Waals surface area contributed by atoms with Crippen molar-refractivity contribution in [1.82, 2.24) is 29.9 Å². The molecule has 12 nitrogen and oxygen atoms in total. The van der Waals surface area contributed by atoms with Crippen molar-refractivity contribution in [3.05, 3.63) is 163 Å².